The Morgan fingerprint density at radius 3 is 2.19 bits per heavy atom. The van der Waals surface area contributed by atoms with Crippen LogP contribution in [0.2, 0.25) is 5.02 Å². The van der Waals surface area contributed by atoms with E-state index in [2.05, 4.69) is 4.90 Å². The number of hydrogen-bond acceptors (Lipinski definition) is 4. The molecule has 7 heteroatoms. The van der Waals surface area contributed by atoms with Crippen molar-refractivity contribution in [3.05, 3.63) is 88.9 Å². The number of carbonyl (C=O) groups is 2. The minimum Gasteiger partial charge on any atom is -0.507 e. The van der Waals surface area contributed by atoms with E-state index < -0.39 is 0 Å². The van der Waals surface area contributed by atoms with E-state index in [1.807, 2.05) is 29.2 Å². The highest BCUT2D eigenvalue weighted by atomic mass is 35.5. The lowest BCUT2D eigenvalue weighted by atomic mass is 10.1. The van der Waals surface area contributed by atoms with Crippen LogP contribution in [0.25, 0.3) is 0 Å². The number of para-hydroxylation sites is 3. The van der Waals surface area contributed by atoms with Crippen molar-refractivity contribution < 1.29 is 14.7 Å². The first-order chi connectivity index (χ1) is 15.5. The standard InChI is InChI=1S/C25H24ClN3O3/c1-27(25(32)20-6-2-5-9-23(20)30)21-7-3-4-8-22(21)28-14-16-29(17-15-28)24(31)18-10-12-19(26)13-11-18/h2-13,30H,14-17H2,1H3. The summed E-state index contributed by atoms with van der Waals surface area (Å²) in [6.07, 6.45) is 0. The number of phenols is 1. The number of anilines is 2. The van der Waals surface area contributed by atoms with E-state index in [1.54, 1.807) is 54.4 Å². The summed E-state index contributed by atoms with van der Waals surface area (Å²) in [4.78, 5) is 31.4. The fraction of sp³-hybridized carbons (Fsp3) is 0.200. The van der Waals surface area contributed by atoms with Crippen molar-refractivity contribution in [2.45, 2.75) is 0 Å². The molecule has 1 aliphatic heterocycles. The minimum atomic E-state index is -0.285. The molecule has 32 heavy (non-hydrogen) atoms. The predicted molar refractivity (Wildman–Crippen MR) is 127 cm³/mol. The predicted octanol–water partition coefficient (Wildman–Crippen LogP) is 4.28. The number of hydrogen-bond donors (Lipinski definition) is 1. The molecule has 0 unspecified atom stereocenters. The summed E-state index contributed by atoms with van der Waals surface area (Å²) in [5.74, 6) is -0.343. The first-order valence-electron chi connectivity index (χ1n) is 10.4. The molecule has 3 aromatic rings. The van der Waals surface area contributed by atoms with Gasteiger partial charge in [-0.1, -0.05) is 35.9 Å². The molecule has 0 aliphatic carbocycles. The first-order valence-corrected chi connectivity index (χ1v) is 10.8. The van der Waals surface area contributed by atoms with Crippen LogP contribution < -0.4 is 9.80 Å². The smallest absolute Gasteiger partial charge is 0.261 e. The fourth-order valence-corrected chi connectivity index (χ4v) is 4.01. The van der Waals surface area contributed by atoms with Gasteiger partial charge in [-0.2, -0.15) is 0 Å². The first kappa shape index (κ1) is 21.7. The molecule has 2 amide bonds. The molecule has 0 aromatic heterocycles. The Hall–Kier alpha value is -3.51. The van der Waals surface area contributed by atoms with E-state index in [0.29, 0.717) is 36.8 Å². The Bertz CT molecular complexity index is 1130. The summed E-state index contributed by atoms with van der Waals surface area (Å²) in [5, 5.41) is 10.7. The van der Waals surface area contributed by atoms with Crippen molar-refractivity contribution in [2.75, 3.05) is 43.0 Å². The fourth-order valence-electron chi connectivity index (χ4n) is 3.89. The zero-order valence-corrected chi connectivity index (χ0v) is 18.5. The van der Waals surface area contributed by atoms with Gasteiger partial charge in [0.25, 0.3) is 11.8 Å². The molecule has 3 aromatic carbocycles. The highest BCUT2D eigenvalue weighted by Crippen LogP contribution is 2.31. The number of amides is 2. The van der Waals surface area contributed by atoms with E-state index in [4.69, 9.17) is 11.6 Å². The summed E-state index contributed by atoms with van der Waals surface area (Å²) in [7, 11) is 1.70. The minimum absolute atomic E-state index is 0.0125. The van der Waals surface area contributed by atoms with Gasteiger partial charge >= 0.3 is 0 Å². The molecule has 1 N–H and O–H groups in total. The van der Waals surface area contributed by atoms with Crippen molar-refractivity contribution in [2.24, 2.45) is 0 Å². The lowest BCUT2D eigenvalue weighted by Gasteiger charge is -2.37. The van der Waals surface area contributed by atoms with Crippen LogP contribution in [-0.4, -0.2) is 55.0 Å². The highest BCUT2D eigenvalue weighted by molar-refractivity contribution is 6.30. The third-order valence-electron chi connectivity index (χ3n) is 5.68. The van der Waals surface area contributed by atoms with Crippen LogP contribution in [0.3, 0.4) is 0 Å². The van der Waals surface area contributed by atoms with Crippen LogP contribution in [0, 0.1) is 0 Å². The van der Waals surface area contributed by atoms with E-state index in [0.717, 1.165) is 11.4 Å². The summed E-state index contributed by atoms with van der Waals surface area (Å²) >= 11 is 5.93. The van der Waals surface area contributed by atoms with Crippen molar-refractivity contribution in [3.8, 4) is 5.75 Å². The van der Waals surface area contributed by atoms with Gasteiger partial charge in [0, 0.05) is 43.8 Å². The maximum Gasteiger partial charge on any atom is 0.261 e. The molecule has 1 saturated heterocycles. The number of rotatable bonds is 4. The molecule has 164 valence electrons. The third kappa shape index (κ3) is 4.41. The molecule has 1 fully saturated rings. The summed E-state index contributed by atoms with van der Waals surface area (Å²) in [6.45, 7) is 2.45. The van der Waals surface area contributed by atoms with Crippen LogP contribution in [-0.2, 0) is 0 Å². The monoisotopic (exact) mass is 449 g/mol. The number of halogens is 1. The van der Waals surface area contributed by atoms with Crippen molar-refractivity contribution in [3.63, 3.8) is 0 Å². The Morgan fingerprint density at radius 2 is 1.50 bits per heavy atom. The van der Waals surface area contributed by atoms with Crippen molar-refractivity contribution in [1.29, 1.82) is 0 Å². The molecule has 1 heterocycles. The molecule has 0 atom stereocenters. The molecule has 0 saturated carbocycles. The van der Waals surface area contributed by atoms with Gasteiger partial charge in [0.15, 0.2) is 0 Å². The molecule has 6 nitrogen and oxygen atoms in total. The number of benzene rings is 3. The second kappa shape index (κ2) is 9.32. The Balaban J connectivity index is 1.49. The number of carbonyl (C=O) groups excluding carboxylic acids is 2. The summed E-state index contributed by atoms with van der Waals surface area (Å²) in [5.41, 5.74) is 2.54. The lowest BCUT2D eigenvalue weighted by molar-refractivity contribution is 0.0746. The largest absolute Gasteiger partial charge is 0.507 e. The third-order valence-corrected chi connectivity index (χ3v) is 5.93. The molecule has 1 aliphatic rings. The van der Waals surface area contributed by atoms with Gasteiger partial charge in [-0.3, -0.25) is 9.59 Å². The Morgan fingerprint density at radius 1 is 0.875 bits per heavy atom. The topological polar surface area (TPSA) is 64.1 Å². The molecule has 0 bridgehead atoms. The van der Waals surface area contributed by atoms with E-state index in [1.165, 1.54) is 6.07 Å². The molecular weight excluding hydrogens is 426 g/mol. The maximum absolute atomic E-state index is 13.0. The van der Waals surface area contributed by atoms with Crippen LogP contribution in [0.1, 0.15) is 20.7 Å². The number of piperazine rings is 1. The zero-order chi connectivity index (χ0) is 22.7. The number of aromatic hydroxyl groups is 1. The average Bonchev–Trinajstić information content (AvgIpc) is 2.83. The van der Waals surface area contributed by atoms with Crippen LogP contribution in [0.4, 0.5) is 11.4 Å². The molecule has 0 spiro atoms. The highest BCUT2D eigenvalue weighted by Gasteiger charge is 2.26. The number of nitrogens with zero attached hydrogens (tertiary/aromatic N) is 3. The zero-order valence-electron chi connectivity index (χ0n) is 17.7. The lowest BCUT2D eigenvalue weighted by Crippen LogP contribution is -2.49. The van der Waals surface area contributed by atoms with Gasteiger partial charge in [0.05, 0.1) is 16.9 Å². The van der Waals surface area contributed by atoms with E-state index in [-0.39, 0.29) is 23.1 Å². The van der Waals surface area contributed by atoms with E-state index in [9.17, 15) is 14.7 Å². The maximum atomic E-state index is 13.0. The Kier molecular flexibility index (Phi) is 6.32. The summed E-state index contributed by atoms with van der Waals surface area (Å²) in [6, 6.07) is 21.1. The van der Waals surface area contributed by atoms with Crippen LogP contribution >= 0.6 is 11.6 Å². The van der Waals surface area contributed by atoms with Gasteiger partial charge in [-0.25, -0.2) is 0 Å². The van der Waals surface area contributed by atoms with Gasteiger partial charge < -0.3 is 19.8 Å². The second-order valence-corrected chi connectivity index (χ2v) is 8.09. The SMILES string of the molecule is CN(C(=O)c1ccccc1O)c1ccccc1N1CCN(C(=O)c2ccc(Cl)cc2)CC1. The van der Waals surface area contributed by atoms with Gasteiger partial charge in [-0.15, -0.1) is 0 Å². The van der Waals surface area contributed by atoms with E-state index >= 15 is 0 Å². The summed E-state index contributed by atoms with van der Waals surface area (Å²) < 4.78 is 0. The van der Waals surface area contributed by atoms with Gasteiger partial charge in [-0.05, 0) is 48.5 Å². The Labute approximate surface area is 192 Å². The quantitative estimate of drug-likeness (QED) is 0.645. The van der Waals surface area contributed by atoms with Crippen LogP contribution in [0.5, 0.6) is 5.75 Å². The van der Waals surface area contributed by atoms with Gasteiger partial charge in [0.1, 0.15) is 5.75 Å². The average molecular weight is 450 g/mol. The number of phenolic OH excluding ortho intramolecular Hbond substituents is 1. The van der Waals surface area contributed by atoms with Crippen LogP contribution in [0.15, 0.2) is 72.8 Å². The van der Waals surface area contributed by atoms with Gasteiger partial charge in [0.2, 0.25) is 0 Å². The second-order valence-electron chi connectivity index (χ2n) is 7.66. The molecule has 4 rings (SSSR count). The molecular formula is C25H24ClN3O3. The normalized spacial score (nSPS) is 13.7. The molecule has 0 radical (unpaired) electrons. The van der Waals surface area contributed by atoms with Crippen molar-refractivity contribution in [1.82, 2.24) is 4.90 Å². The van der Waals surface area contributed by atoms with Crippen molar-refractivity contribution >= 4 is 34.8 Å².